The molecule has 0 atom stereocenters. The first-order valence-corrected chi connectivity index (χ1v) is 7.92. The van der Waals surface area contributed by atoms with Crippen LogP contribution in [0.4, 0.5) is 5.82 Å². The van der Waals surface area contributed by atoms with E-state index in [1.807, 2.05) is 0 Å². The van der Waals surface area contributed by atoms with Crippen LogP contribution in [-0.4, -0.2) is 29.3 Å². The molecule has 1 rings (SSSR count). The van der Waals surface area contributed by atoms with Crippen molar-refractivity contribution in [2.24, 2.45) is 5.92 Å². The van der Waals surface area contributed by atoms with E-state index in [1.54, 1.807) is 0 Å². The maximum atomic E-state index is 4.44. The van der Waals surface area contributed by atoms with Crippen molar-refractivity contribution in [2.45, 2.75) is 60.0 Å². The minimum absolute atomic E-state index is 0.548. The lowest BCUT2D eigenvalue weighted by Crippen LogP contribution is -2.38. The minimum Gasteiger partial charge on any atom is -0.352 e. The van der Waals surface area contributed by atoms with Gasteiger partial charge in [0, 0.05) is 19.1 Å². The van der Waals surface area contributed by atoms with Crippen LogP contribution in [-0.2, 0) is 6.54 Å². The normalized spacial score (nSPS) is 11.3. The molecular formula is C16H30N4. The molecule has 20 heavy (non-hydrogen) atoms. The van der Waals surface area contributed by atoms with Crippen molar-refractivity contribution in [3.63, 3.8) is 0 Å². The lowest BCUT2D eigenvalue weighted by molar-refractivity contribution is 0.501. The second-order valence-electron chi connectivity index (χ2n) is 5.68. The Morgan fingerprint density at radius 3 is 2.25 bits per heavy atom. The van der Waals surface area contributed by atoms with Gasteiger partial charge in [-0.05, 0) is 37.4 Å². The monoisotopic (exact) mass is 278 g/mol. The Kier molecular flexibility index (Phi) is 7.52. The quantitative estimate of drug-likeness (QED) is 0.753. The molecule has 0 saturated carbocycles. The van der Waals surface area contributed by atoms with E-state index in [2.05, 4.69) is 67.2 Å². The molecule has 4 heteroatoms. The van der Waals surface area contributed by atoms with Crippen LogP contribution in [0.5, 0.6) is 0 Å². The van der Waals surface area contributed by atoms with Crippen molar-refractivity contribution in [1.82, 2.24) is 15.5 Å². The summed E-state index contributed by atoms with van der Waals surface area (Å²) in [5, 5.41) is 12.1. The molecule has 0 aliphatic rings. The molecule has 114 valence electrons. The summed E-state index contributed by atoms with van der Waals surface area (Å²) in [6.07, 6.45) is 2.29. The van der Waals surface area contributed by atoms with E-state index in [9.17, 15) is 0 Å². The van der Waals surface area contributed by atoms with Crippen LogP contribution in [0.2, 0.25) is 0 Å². The molecule has 0 saturated heterocycles. The summed E-state index contributed by atoms with van der Waals surface area (Å²) in [5.41, 5.74) is 1.00. The first kappa shape index (κ1) is 16.9. The van der Waals surface area contributed by atoms with Crippen LogP contribution in [0, 0.1) is 5.92 Å². The molecule has 1 aromatic heterocycles. The second-order valence-corrected chi connectivity index (χ2v) is 5.68. The van der Waals surface area contributed by atoms with Gasteiger partial charge in [-0.25, -0.2) is 0 Å². The van der Waals surface area contributed by atoms with E-state index >= 15 is 0 Å². The zero-order chi connectivity index (χ0) is 15.0. The van der Waals surface area contributed by atoms with Gasteiger partial charge in [0.15, 0.2) is 5.82 Å². The van der Waals surface area contributed by atoms with Crippen molar-refractivity contribution >= 4 is 5.82 Å². The predicted molar refractivity (Wildman–Crippen MR) is 86.0 cm³/mol. The maximum absolute atomic E-state index is 4.44. The van der Waals surface area contributed by atoms with Crippen molar-refractivity contribution in [3.8, 4) is 0 Å². The standard InChI is InChI=1S/C16H30N4/c1-6-15(7-2)20(12-13(4)5)16-10-9-14(18-19-16)11-17-8-3/h9-10,13,15,17H,6-8,11-12H2,1-5H3. The Morgan fingerprint density at radius 2 is 1.80 bits per heavy atom. The molecule has 0 fully saturated rings. The van der Waals surface area contributed by atoms with Gasteiger partial charge in [0.1, 0.15) is 0 Å². The lowest BCUT2D eigenvalue weighted by atomic mass is 10.1. The van der Waals surface area contributed by atoms with Crippen LogP contribution in [0.25, 0.3) is 0 Å². The van der Waals surface area contributed by atoms with Crippen molar-refractivity contribution < 1.29 is 0 Å². The summed E-state index contributed by atoms with van der Waals surface area (Å²) < 4.78 is 0. The Bertz CT molecular complexity index is 357. The largest absolute Gasteiger partial charge is 0.352 e. The molecule has 0 spiro atoms. The van der Waals surface area contributed by atoms with Gasteiger partial charge in [-0.3, -0.25) is 0 Å². The molecule has 0 unspecified atom stereocenters. The topological polar surface area (TPSA) is 41.0 Å². The Hall–Kier alpha value is -1.16. The Balaban J connectivity index is 2.84. The van der Waals surface area contributed by atoms with Gasteiger partial charge in [-0.15, -0.1) is 5.10 Å². The van der Waals surface area contributed by atoms with Gasteiger partial charge in [-0.2, -0.15) is 5.10 Å². The molecule has 0 radical (unpaired) electrons. The average molecular weight is 278 g/mol. The third kappa shape index (κ3) is 5.08. The average Bonchev–Trinajstić information content (AvgIpc) is 2.45. The highest BCUT2D eigenvalue weighted by Crippen LogP contribution is 2.19. The Morgan fingerprint density at radius 1 is 1.10 bits per heavy atom. The van der Waals surface area contributed by atoms with Crippen LogP contribution >= 0.6 is 0 Å². The SMILES string of the molecule is CCNCc1ccc(N(CC(C)C)C(CC)CC)nn1. The highest BCUT2D eigenvalue weighted by molar-refractivity contribution is 5.38. The first-order valence-electron chi connectivity index (χ1n) is 7.92. The van der Waals surface area contributed by atoms with Gasteiger partial charge in [0.05, 0.1) is 5.69 Å². The molecule has 1 aromatic rings. The number of nitrogens with one attached hydrogen (secondary N) is 1. The van der Waals surface area contributed by atoms with Gasteiger partial charge >= 0.3 is 0 Å². The Labute approximate surface area is 124 Å². The fourth-order valence-electron chi connectivity index (χ4n) is 2.41. The van der Waals surface area contributed by atoms with Crippen LogP contribution in [0.3, 0.4) is 0 Å². The summed E-state index contributed by atoms with van der Waals surface area (Å²) >= 11 is 0. The zero-order valence-electron chi connectivity index (χ0n) is 13.7. The van der Waals surface area contributed by atoms with Crippen molar-refractivity contribution in [1.29, 1.82) is 0 Å². The van der Waals surface area contributed by atoms with Crippen molar-refractivity contribution in [2.75, 3.05) is 18.0 Å². The molecule has 0 aliphatic heterocycles. The van der Waals surface area contributed by atoms with Gasteiger partial charge in [-0.1, -0.05) is 34.6 Å². The van der Waals surface area contributed by atoms with E-state index in [4.69, 9.17) is 0 Å². The van der Waals surface area contributed by atoms with E-state index < -0.39 is 0 Å². The van der Waals surface area contributed by atoms with Gasteiger partial charge in [0.2, 0.25) is 0 Å². The summed E-state index contributed by atoms with van der Waals surface area (Å²) in [5.74, 6) is 1.63. The third-order valence-electron chi connectivity index (χ3n) is 3.50. The predicted octanol–water partition coefficient (Wildman–Crippen LogP) is 3.24. The number of hydrogen-bond acceptors (Lipinski definition) is 4. The van der Waals surface area contributed by atoms with E-state index in [-0.39, 0.29) is 0 Å². The fourth-order valence-corrected chi connectivity index (χ4v) is 2.41. The van der Waals surface area contributed by atoms with Crippen molar-refractivity contribution in [3.05, 3.63) is 17.8 Å². The highest BCUT2D eigenvalue weighted by atomic mass is 15.3. The fraction of sp³-hybridized carbons (Fsp3) is 0.750. The maximum Gasteiger partial charge on any atom is 0.151 e. The van der Waals surface area contributed by atoms with Crippen LogP contribution < -0.4 is 10.2 Å². The molecule has 0 amide bonds. The molecule has 1 heterocycles. The zero-order valence-corrected chi connectivity index (χ0v) is 13.7. The van der Waals surface area contributed by atoms with E-state index in [0.29, 0.717) is 12.0 Å². The molecule has 4 nitrogen and oxygen atoms in total. The number of rotatable bonds is 9. The smallest absolute Gasteiger partial charge is 0.151 e. The van der Waals surface area contributed by atoms with Crippen LogP contribution in [0.15, 0.2) is 12.1 Å². The molecule has 1 N–H and O–H groups in total. The van der Waals surface area contributed by atoms with E-state index in [0.717, 1.165) is 44.0 Å². The van der Waals surface area contributed by atoms with Crippen LogP contribution in [0.1, 0.15) is 53.2 Å². The van der Waals surface area contributed by atoms with Gasteiger partial charge in [0.25, 0.3) is 0 Å². The van der Waals surface area contributed by atoms with E-state index in [1.165, 1.54) is 0 Å². The first-order chi connectivity index (χ1) is 9.62. The number of anilines is 1. The molecule has 0 bridgehead atoms. The van der Waals surface area contributed by atoms with Gasteiger partial charge < -0.3 is 10.2 Å². The lowest BCUT2D eigenvalue weighted by Gasteiger charge is -2.32. The summed E-state index contributed by atoms with van der Waals surface area (Å²) in [6.45, 7) is 13.9. The summed E-state index contributed by atoms with van der Waals surface area (Å²) in [6, 6.07) is 4.74. The number of hydrogen-bond donors (Lipinski definition) is 1. The number of nitrogens with zero attached hydrogens (tertiary/aromatic N) is 3. The summed E-state index contributed by atoms with van der Waals surface area (Å²) in [4.78, 5) is 2.41. The second kappa shape index (κ2) is 8.90. The molecular weight excluding hydrogens is 248 g/mol. The number of aromatic nitrogens is 2. The summed E-state index contributed by atoms with van der Waals surface area (Å²) in [7, 11) is 0. The molecule has 0 aromatic carbocycles. The highest BCUT2D eigenvalue weighted by Gasteiger charge is 2.18. The third-order valence-corrected chi connectivity index (χ3v) is 3.50. The molecule has 0 aliphatic carbocycles. The minimum atomic E-state index is 0.548.